The van der Waals surface area contributed by atoms with Gasteiger partial charge in [0.15, 0.2) is 0 Å². The standard InChI is InChI=1S/C12H23NO2/c1-3-4-12(14)9-13-7-5-11(6-8-13)10-15-2/h11H,3-10H2,1-2H3. The van der Waals surface area contributed by atoms with Crippen LogP contribution in [-0.2, 0) is 9.53 Å². The number of rotatable bonds is 6. The molecule has 3 heteroatoms. The van der Waals surface area contributed by atoms with E-state index < -0.39 is 0 Å². The van der Waals surface area contributed by atoms with Crippen molar-refractivity contribution in [3.63, 3.8) is 0 Å². The third-order valence-electron chi connectivity index (χ3n) is 3.04. The Kier molecular flexibility index (Phi) is 5.88. The second-order valence-electron chi connectivity index (χ2n) is 4.46. The molecule has 0 aromatic rings. The van der Waals surface area contributed by atoms with Crippen LogP contribution < -0.4 is 0 Å². The number of carbonyl (C=O) groups excluding carboxylic acids is 1. The van der Waals surface area contributed by atoms with Crippen LogP contribution in [0, 0.1) is 5.92 Å². The molecule has 15 heavy (non-hydrogen) atoms. The van der Waals surface area contributed by atoms with Gasteiger partial charge in [-0.2, -0.15) is 0 Å². The zero-order valence-corrected chi connectivity index (χ0v) is 10.00. The zero-order valence-electron chi connectivity index (χ0n) is 10.00. The Morgan fingerprint density at radius 2 is 2.07 bits per heavy atom. The normalized spacial score (nSPS) is 19.3. The van der Waals surface area contributed by atoms with Crippen LogP contribution in [0.1, 0.15) is 32.6 Å². The maximum absolute atomic E-state index is 11.5. The Balaban J connectivity index is 2.16. The summed E-state index contributed by atoms with van der Waals surface area (Å²) in [6, 6.07) is 0. The van der Waals surface area contributed by atoms with E-state index in [1.54, 1.807) is 7.11 Å². The van der Waals surface area contributed by atoms with E-state index in [0.29, 0.717) is 18.2 Å². The van der Waals surface area contributed by atoms with Crippen LogP contribution in [0.4, 0.5) is 0 Å². The first-order valence-electron chi connectivity index (χ1n) is 5.99. The highest BCUT2D eigenvalue weighted by Crippen LogP contribution is 2.17. The average molecular weight is 213 g/mol. The SMILES string of the molecule is CCCC(=O)CN1CCC(COC)CC1. The molecular formula is C12H23NO2. The lowest BCUT2D eigenvalue weighted by Crippen LogP contribution is -2.38. The molecule has 0 amide bonds. The van der Waals surface area contributed by atoms with Crippen LogP contribution in [0.3, 0.4) is 0 Å². The lowest BCUT2D eigenvalue weighted by atomic mass is 9.97. The Bertz CT molecular complexity index is 186. The van der Waals surface area contributed by atoms with Crippen molar-refractivity contribution in [1.82, 2.24) is 4.90 Å². The molecule has 0 N–H and O–H groups in total. The fraction of sp³-hybridized carbons (Fsp3) is 0.917. The van der Waals surface area contributed by atoms with Crippen LogP contribution >= 0.6 is 0 Å². The molecule has 88 valence electrons. The Hall–Kier alpha value is -0.410. The van der Waals surface area contributed by atoms with Gasteiger partial charge >= 0.3 is 0 Å². The van der Waals surface area contributed by atoms with E-state index in [4.69, 9.17) is 4.74 Å². The lowest BCUT2D eigenvalue weighted by Gasteiger charge is -2.30. The van der Waals surface area contributed by atoms with Crippen LogP contribution in [0.25, 0.3) is 0 Å². The molecule has 0 bridgehead atoms. The van der Waals surface area contributed by atoms with Crippen molar-refractivity contribution in [3.05, 3.63) is 0 Å². The summed E-state index contributed by atoms with van der Waals surface area (Å²) >= 11 is 0. The minimum Gasteiger partial charge on any atom is -0.384 e. The number of carbonyl (C=O) groups is 1. The summed E-state index contributed by atoms with van der Waals surface area (Å²) in [6.07, 6.45) is 4.05. The molecule has 1 fully saturated rings. The van der Waals surface area contributed by atoms with Gasteiger partial charge in [-0.3, -0.25) is 9.69 Å². The van der Waals surface area contributed by atoms with Gasteiger partial charge in [0.05, 0.1) is 6.54 Å². The monoisotopic (exact) mass is 213 g/mol. The largest absolute Gasteiger partial charge is 0.384 e. The predicted octanol–water partition coefficient (Wildman–Crippen LogP) is 1.71. The topological polar surface area (TPSA) is 29.5 Å². The maximum Gasteiger partial charge on any atom is 0.146 e. The molecule has 0 spiro atoms. The number of likely N-dealkylation sites (tertiary alicyclic amines) is 1. The van der Waals surface area contributed by atoms with Gasteiger partial charge in [0.1, 0.15) is 5.78 Å². The Labute approximate surface area is 92.8 Å². The third-order valence-corrected chi connectivity index (χ3v) is 3.04. The third kappa shape index (κ3) is 4.76. The van der Waals surface area contributed by atoms with Gasteiger partial charge in [0.25, 0.3) is 0 Å². The van der Waals surface area contributed by atoms with Crippen molar-refractivity contribution in [1.29, 1.82) is 0 Å². The smallest absolute Gasteiger partial charge is 0.146 e. The van der Waals surface area contributed by atoms with Crippen LogP contribution in [0.5, 0.6) is 0 Å². The number of piperidine rings is 1. The predicted molar refractivity (Wildman–Crippen MR) is 61.0 cm³/mol. The number of Topliss-reactive ketones (excluding diaryl/α,β-unsaturated/α-hetero) is 1. The first kappa shape index (κ1) is 12.7. The molecule has 0 aliphatic carbocycles. The van der Waals surface area contributed by atoms with Gasteiger partial charge in [-0.15, -0.1) is 0 Å². The van der Waals surface area contributed by atoms with Crippen molar-refractivity contribution >= 4 is 5.78 Å². The maximum atomic E-state index is 11.5. The molecule has 0 aromatic carbocycles. The summed E-state index contributed by atoms with van der Waals surface area (Å²) in [5.74, 6) is 1.09. The van der Waals surface area contributed by atoms with E-state index in [1.165, 1.54) is 12.8 Å². The summed E-state index contributed by atoms with van der Waals surface area (Å²) in [6.45, 7) is 5.71. The first-order chi connectivity index (χ1) is 7.26. The molecule has 0 atom stereocenters. The zero-order chi connectivity index (χ0) is 11.1. The van der Waals surface area contributed by atoms with Crippen molar-refractivity contribution in [3.8, 4) is 0 Å². The van der Waals surface area contributed by atoms with E-state index in [2.05, 4.69) is 11.8 Å². The van der Waals surface area contributed by atoms with Crippen molar-refractivity contribution < 1.29 is 9.53 Å². The highest BCUT2D eigenvalue weighted by atomic mass is 16.5. The molecule has 0 radical (unpaired) electrons. The van der Waals surface area contributed by atoms with Gasteiger partial charge < -0.3 is 4.74 Å². The quantitative estimate of drug-likeness (QED) is 0.673. The summed E-state index contributed by atoms with van der Waals surface area (Å²) in [7, 11) is 1.76. The van der Waals surface area contributed by atoms with Gasteiger partial charge in [-0.05, 0) is 38.3 Å². The minimum absolute atomic E-state index is 0.391. The molecule has 1 aliphatic heterocycles. The Morgan fingerprint density at radius 1 is 1.40 bits per heavy atom. The summed E-state index contributed by atoms with van der Waals surface area (Å²) in [5, 5.41) is 0. The lowest BCUT2D eigenvalue weighted by molar-refractivity contribution is -0.120. The van der Waals surface area contributed by atoms with E-state index in [1.807, 2.05) is 0 Å². The van der Waals surface area contributed by atoms with Gasteiger partial charge in [-0.25, -0.2) is 0 Å². The van der Waals surface area contributed by atoms with Crippen LogP contribution in [0.15, 0.2) is 0 Å². The second kappa shape index (κ2) is 6.96. The fourth-order valence-corrected chi connectivity index (χ4v) is 2.15. The molecule has 1 saturated heterocycles. The van der Waals surface area contributed by atoms with Gasteiger partial charge in [0, 0.05) is 20.1 Å². The summed E-state index contributed by atoms with van der Waals surface area (Å²) in [4.78, 5) is 13.7. The molecule has 3 nitrogen and oxygen atoms in total. The first-order valence-corrected chi connectivity index (χ1v) is 5.99. The van der Waals surface area contributed by atoms with Gasteiger partial charge in [-0.1, -0.05) is 6.92 Å². The number of ether oxygens (including phenoxy) is 1. The number of nitrogens with zero attached hydrogens (tertiary/aromatic N) is 1. The number of methoxy groups -OCH3 is 1. The molecule has 1 heterocycles. The molecule has 0 aromatic heterocycles. The fourth-order valence-electron chi connectivity index (χ4n) is 2.15. The van der Waals surface area contributed by atoms with Crippen molar-refractivity contribution in [2.45, 2.75) is 32.6 Å². The molecule has 1 aliphatic rings. The molecule has 1 rings (SSSR count). The van der Waals surface area contributed by atoms with Gasteiger partial charge in [0.2, 0.25) is 0 Å². The highest BCUT2D eigenvalue weighted by molar-refractivity contribution is 5.80. The molecule has 0 saturated carbocycles. The number of hydrogen-bond acceptors (Lipinski definition) is 3. The summed E-state index contributed by atoms with van der Waals surface area (Å²) < 4.78 is 5.15. The minimum atomic E-state index is 0.391. The van der Waals surface area contributed by atoms with Crippen molar-refractivity contribution in [2.24, 2.45) is 5.92 Å². The second-order valence-corrected chi connectivity index (χ2v) is 4.46. The average Bonchev–Trinajstić information content (AvgIpc) is 2.22. The van der Waals surface area contributed by atoms with Crippen LogP contribution in [-0.4, -0.2) is 44.0 Å². The summed E-state index contributed by atoms with van der Waals surface area (Å²) in [5.41, 5.74) is 0. The molecular weight excluding hydrogens is 190 g/mol. The number of ketones is 1. The number of hydrogen-bond donors (Lipinski definition) is 0. The van der Waals surface area contributed by atoms with Crippen molar-refractivity contribution in [2.75, 3.05) is 33.4 Å². The van der Waals surface area contributed by atoms with E-state index in [-0.39, 0.29) is 0 Å². The van der Waals surface area contributed by atoms with E-state index in [9.17, 15) is 4.79 Å². The van der Waals surface area contributed by atoms with E-state index in [0.717, 1.165) is 32.5 Å². The van der Waals surface area contributed by atoms with E-state index >= 15 is 0 Å². The van der Waals surface area contributed by atoms with Crippen LogP contribution in [0.2, 0.25) is 0 Å². The highest BCUT2D eigenvalue weighted by Gasteiger charge is 2.20. The Morgan fingerprint density at radius 3 is 2.60 bits per heavy atom. The molecule has 0 unspecified atom stereocenters.